The summed E-state index contributed by atoms with van der Waals surface area (Å²) in [5.41, 5.74) is -0.567. The van der Waals surface area contributed by atoms with Crippen molar-refractivity contribution in [1.82, 2.24) is 4.98 Å². The Balaban J connectivity index is 2.33. The molecule has 0 amide bonds. The minimum Gasteiger partial charge on any atom is -0.385 e. The van der Waals surface area contributed by atoms with Gasteiger partial charge in [-0.25, -0.2) is 8.78 Å². The van der Waals surface area contributed by atoms with Crippen molar-refractivity contribution in [2.75, 3.05) is 0 Å². The minimum atomic E-state index is -2.57. The molecule has 1 N–H and O–H groups in total. The Hall–Kier alpha value is -1.03. The first kappa shape index (κ1) is 8.56. The maximum atomic E-state index is 12.2. The van der Waals surface area contributed by atoms with E-state index >= 15 is 0 Å². The summed E-state index contributed by atoms with van der Waals surface area (Å²) in [4.78, 5) is 3.52. The largest absolute Gasteiger partial charge is 0.385 e. The Labute approximate surface area is 74.2 Å². The van der Waals surface area contributed by atoms with Crippen molar-refractivity contribution in [2.45, 2.75) is 24.9 Å². The van der Waals surface area contributed by atoms with E-state index in [2.05, 4.69) is 4.98 Å². The lowest BCUT2D eigenvalue weighted by atomic mass is 10.1. The van der Waals surface area contributed by atoms with E-state index in [-0.39, 0.29) is 5.69 Å². The molecule has 1 fully saturated rings. The van der Waals surface area contributed by atoms with E-state index < -0.39 is 12.0 Å². The van der Waals surface area contributed by atoms with Crippen molar-refractivity contribution in [1.29, 1.82) is 0 Å². The average molecular weight is 185 g/mol. The van der Waals surface area contributed by atoms with Crippen LogP contribution in [0.4, 0.5) is 8.78 Å². The summed E-state index contributed by atoms with van der Waals surface area (Å²) in [6.07, 6.45) is 0.0502. The standard InChI is InChI=1S/C9H9F2NO/c10-8(11)7-5-6(1-4-12-7)9(13)2-3-9/h1,4-5,8,13H,2-3H2. The van der Waals surface area contributed by atoms with Crippen LogP contribution in [0.25, 0.3) is 0 Å². The van der Waals surface area contributed by atoms with Gasteiger partial charge in [0.25, 0.3) is 6.43 Å². The molecule has 4 heteroatoms. The zero-order chi connectivity index (χ0) is 9.47. The third-order valence-corrected chi connectivity index (χ3v) is 2.27. The third kappa shape index (κ3) is 1.54. The van der Waals surface area contributed by atoms with Gasteiger partial charge in [0, 0.05) is 6.20 Å². The summed E-state index contributed by atoms with van der Waals surface area (Å²) in [6, 6.07) is 2.86. The van der Waals surface area contributed by atoms with E-state index in [1.54, 1.807) is 6.07 Å². The SMILES string of the molecule is OC1(c2ccnc(C(F)F)c2)CC1. The fraction of sp³-hybridized carbons (Fsp3) is 0.444. The molecule has 70 valence electrons. The smallest absolute Gasteiger partial charge is 0.280 e. The molecule has 0 unspecified atom stereocenters. The molecule has 2 rings (SSSR count). The van der Waals surface area contributed by atoms with Crippen LogP contribution in [-0.4, -0.2) is 10.1 Å². The lowest BCUT2D eigenvalue weighted by Gasteiger charge is -2.08. The summed E-state index contributed by atoms with van der Waals surface area (Å²) in [5, 5.41) is 9.63. The number of nitrogens with zero attached hydrogens (tertiary/aromatic N) is 1. The van der Waals surface area contributed by atoms with Crippen LogP contribution in [-0.2, 0) is 5.60 Å². The van der Waals surface area contributed by atoms with Gasteiger partial charge < -0.3 is 5.11 Å². The highest BCUT2D eigenvalue weighted by atomic mass is 19.3. The number of rotatable bonds is 2. The van der Waals surface area contributed by atoms with E-state index in [1.807, 2.05) is 0 Å². The van der Waals surface area contributed by atoms with E-state index in [9.17, 15) is 13.9 Å². The zero-order valence-electron chi connectivity index (χ0n) is 6.87. The predicted molar refractivity (Wildman–Crippen MR) is 42.3 cm³/mol. The molecule has 0 saturated heterocycles. The molecule has 1 saturated carbocycles. The molecule has 1 aliphatic carbocycles. The van der Waals surface area contributed by atoms with Crippen LogP contribution in [0.5, 0.6) is 0 Å². The fourth-order valence-corrected chi connectivity index (χ4v) is 1.26. The predicted octanol–water partition coefficient (Wildman–Crippen LogP) is 2.00. The van der Waals surface area contributed by atoms with Crippen LogP contribution in [0.2, 0.25) is 0 Å². The van der Waals surface area contributed by atoms with Gasteiger partial charge in [0.2, 0.25) is 0 Å². The molecule has 0 atom stereocenters. The highest BCUT2D eigenvalue weighted by molar-refractivity contribution is 5.28. The molecule has 2 nitrogen and oxygen atoms in total. The number of halogens is 2. The van der Waals surface area contributed by atoms with Crippen LogP contribution >= 0.6 is 0 Å². The Bertz CT molecular complexity index is 323. The molecule has 13 heavy (non-hydrogen) atoms. The van der Waals surface area contributed by atoms with Crippen LogP contribution in [0.15, 0.2) is 18.3 Å². The second-order valence-corrected chi connectivity index (χ2v) is 3.30. The molecule has 0 spiro atoms. The fourth-order valence-electron chi connectivity index (χ4n) is 1.26. The molecular weight excluding hydrogens is 176 g/mol. The first-order chi connectivity index (χ1) is 6.12. The van der Waals surface area contributed by atoms with Crippen LogP contribution < -0.4 is 0 Å². The summed E-state index contributed by atoms with van der Waals surface area (Å²) < 4.78 is 24.4. The molecule has 1 aromatic heterocycles. The summed E-state index contributed by atoms with van der Waals surface area (Å²) in [7, 11) is 0. The maximum absolute atomic E-state index is 12.2. The van der Waals surface area contributed by atoms with Gasteiger partial charge in [-0.1, -0.05) is 0 Å². The number of hydrogen-bond acceptors (Lipinski definition) is 2. The molecule has 0 radical (unpaired) electrons. The first-order valence-corrected chi connectivity index (χ1v) is 4.09. The number of aromatic nitrogens is 1. The monoisotopic (exact) mass is 185 g/mol. The Morgan fingerprint density at radius 1 is 1.46 bits per heavy atom. The van der Waals surface area contributed by atoms with Gasteiger partial charge >= 0.3 is 0 Å². The lowest BCUT2D eigenvalue weighted by Crippen LogP contribution is -2.05. The summed E-state index contributed by atoms with van der Waals surface area (Å²) in [6.45, 7) is 0. The number of hydrogen-bond donors (Lipinski definition) is 1. The quantitative estimate of drug-likeness (QED) is 0.764. The van der Waals surface area contributed by atoms with Gasteiger partial charge in [0.05, 0.1) is 5.60 Å². The summed E-state index contributed by atoms with van der Waals surface area (Å²) >= 11 is 0. The Kier molecular flexibility index (Phi) is 1.80. The minimum absolute atomic E-state index is 0.266. The normalized spacial score (nSPS) is 19.1. The van der Waals surface area contributed by atoms with Crippen LogP contribution in [0, 0.1) is 0 Å². The Morgan fingerprint density at radius 3 is 2.69 bits per heavy atom. The molecular formula is C9H9F2NO. The maximum Gasteiger partial charge on any atom is 0.280 e. The molecule has 1 aliphatic rings. The van der Waals surface area contributed by atoms with E-state index in [0.29, 0.717) is 18.4 Å². The van der Waals surface area contributed by atoms with Crippen molar-refractivity contribution in [2.24, 2.45) is 0 Å². The highest BCUT2D eigenvalue weighted by Crippen LogP contribution is 2.45. The lowest BCUT2D eigenvalue weighted by molar-refractivity contribution is 0.140. The van der Waals surface area contributed by atoms with Gasteiger partial charge in [-0.05, 0) is 30.5 Å². The number of pyridine rings is 1. The van der Waals surface area contributed by atoms with Crippen molar-refractivity contribution in [3.8, 4) is 0 Å². The van der Waals surface area contributed by atoms with Gasteiger partial charge in [0.15, 0.2) is 0 Å². The zero-order valence-corrected chi connectivity index (χ0v) is 6.87. The van der Waals surface area contributed by atoms with Crippen molar-refractivity contribution >= 4 is 0 Å². The Morgan fingerprint density at radius 2 is 2.15 bits per heavy atom. The summed E-state index contributed by atoms with van der Waals surface area (Å²) in [5.74, 6) is 0. The first-order valence-electron chi connectivity index (χ1n) is 4.09. The molecule has 0 aliphatic heterocycles. The van der Waals surface area contributed by atoms with Crippen molar-refractivity contribution in [3.63, 3.8) is 0 Å². The van der Waals surface area contributed by atoms with Crippen molar-refractivity contribution < 1.29 is 13.9 Å². The van der Waals surface area contributed by atoms with E-state index in [0.717, 1.165) is 0 Å². The van der Waals surface area contributed by atoms with Crippen LogP contribution in [0.3, 0.4) is 0 Å². The van der Waals surface area contributed by atoms with Crippen molar-refractivity contribution in [3.05, 3.63) is 29.6 Å². The molecule has 0 bridgehead atoms. The molecule has 0 aromatic carbocycles. The van der Waals surface area contributed by atoms with Gasteiger partial charge in [-0.3, -0.25) is 4.98 Å². The van der Waals surface area contributed by atoms with E-state index in [4.69, 9.17) is 0 Å². The average Bonchev–Trinajstić information content (AvgIpc) is 2.85. The topological polar surface area (TPSA) is 33.1 Å². The van der Waals surface area contributed by atoms with Gasteiger partial charge in [-0.15, -0.1) is 0 Å². The van der Waals surface area contributed by atoms with Gasteiger partial charge in [-0.2, -0.15) is 0 Å². The second-order valence-electron chi connectivity index (χ2n) is 3.30. The highest BCUT2D eigenvalue weighted by Gasteiger charge is 2.42. The number of alkyl halides is 2. The number of aliphatic hydroxyl groups is 1. The second kappa shape index (κ2) is 2.73. The van der Waals surface area contributed by atoms with Crippen LogP contribution in [0.1, 0.15) is 30.5 Å². The van der Waals surface area contributed by atoms with Gasteiger partial charge in [0.1, 0.15) is 5.69 Å². The molecule has 1 aromatic rings. The third-order valence-electron chi connectivity index (χ3n) is 2.27. The van der Waals surface area contributed by atoms with E-state index in [1.165, 1.54) is 12.3 Å². The molecule has 1 heterocycles.